The van der Waals surface area contributed by atoms with Gasteiger partial charge < -0.3 is 10.1 Å². The lowest BCUT2D eigenvalue weighted by molar-refractivity contribution is -0.124. The van der Waals surface area contributed by atoms with E-state index < -0.39 is 11.9 Å². The maximum atomic E-state index is 11.7. The number of amides is 1. The number of ether oxygens (including phenoxy) is 1. The molecule has 4 nitrogen and oxygen atoms in total. The number of nitrogens with one attached hydrogen (secondary N) is 1. The molecule has 1 amide bonds. The van der Waals surface area contributed by atoms with Crippen LogP contribution in [0, 0.1) is 0 Å². The number of rotatable bonds is 5. The monoisotopic (exact) mass is 337 g/mol. The molecule has 0 aliphatic carbocycles. The molecule has 114 valence electrons. The minimum absolute atomic E-state index is 0.275. The first-order chi connectivity index (χ1) is 10.6. The second-order valence-corrected chi connectivity index (χ2v) is 5.29. The fourth-order valence-electron chi connectivity index (χ4n) is 1.69. The largest absolute Gasteiger partial charge is 0.452 e. The highest BCUT2D eigenvalue weighted by Gasteiger charge is 2.10. The molecular weight excluding hydrogens is 325 g/mol. The molecule has 2 rings (SSSR count). The van der Waals surface area contributed by atoms with E-state index >= 15 is 0 Å². The molecule has 0 aliphatic rings. The van der Waals surface area contributed by atoms with Crippen LogP contribution in [0.1, 0.15) is 15.9 Å². The van der Waals surface area contributed by atoms with Gasteiger partial charge in [0.15, 0.2) is 6.61 Å². The number of carbonyl (C=O) groups is 2. The van der Waals surface area contributed by atoms with Crippen LogP contribution in [-0.4, -0.2) is 18.5 Å². The molecule has 0 saturated carbocycles. The van der Waals surface area contributed by atoms with Gasteiger partial charge in [-0.1, -0.05) is 41.4 Å². The second-order valence-electron chi connectivity index (χ2n) is 4.45. The van der Waals surface area contributed by atoms with Crippen molar-refractivity contribution in [2.24, 2.45) is 0 Å². The Labute approximate surface area is 138 Å². The van der Waals surface area contributed by atoms with Crippen LogP contribution >= 0.6 is 23.2 Å². The number of carbonyl (C=O) groups excluding carboxylic acids is 2. The van der Waals surface area contributed by atoms with Gasteiger partial charge in [0.1, 0.15) is 0 Å². The zero-order valence-corrected chi connectivity index (χ0v) is 13.0. The van der Waals surface area contributed by atoms with Gasteiger partial charge in [-0.3, -0.25) is 4.79 Å². The lowest BCUT2D eigenvalue weighted by atomic mass is 10.2. The Morgan fingerprint density at radius 2 is 1.68 bits per heavy atom. The lowest BCUT2D eigenvalue weighted by Gasteiger charge is -2.08. The average molecular weight is 338 g/mol. The first-order valence-electron chi connectivity index (χ1n) is 6.49. The van der Waals surface area contributed by atoms with E-state index in [4.69, 9.17) is 27.9 Å². The van der Waals surface area contributed by atoms with Gasteiger partial charge >= 0.3 is 5.97 Å². The minimum atomic E-state index is -0.579. The van der Waals surface area contributed by atoms with E-state index in [9.17, 15) is 9.59 Å². The minimum Gasteiger partial charge on any atom is -0.452 e. The molecular formula is C16H13Cl2NO3. The maximum Gasteiger partial charge on any atom is 0.338 e. The Morgan fingerprint density at radius 3 is 2.36 bits per heavy atom. The highest BCUT2D eigenvalue weighted by Crippen LogP contribution is 2.14. The van der Waals surface area contributed by atoms with E-state index in [2.05, 4.69) is 5.32 Å². The van der Waals surface area contributed by atoms with Crippen LogP contribution in [0.2, 0.25) is 10.0 Å². The van der Waals surface area contributed by atoms with Gasteiger partial charge in [-0.2, -0.15) is 0 Å². The van der Waals surface area contributed by atoms with E-state index in [1.54, 1.807) is 18.2 Å². The van der Waals surface area contributed by atoms with Crippen LogP contribution in [0.15, 0.2) is 48.5 Å². The quantitative estimate of drug-likeness (QED) is 0.850. The van der Waals surface area contributed by atoms with Crippen LogP contribution in [0.5, 0.6) is 0 Å². The highest BCUT2D eigenvalue weighted by atomic mass is 35.5. The number of esters is 1. The predicted octanol–water partition coefficient (Wildman–Crippen LogP) is 3.47. The fourth-order valence-corrected chi connectivity index (χ4v) is 2.02. The molecule has 2 aromatic rings. The number of halogens is 2. The van der Waals surface area contributed by atoms with Crippen molar-refractivity contribution in [3.63, 3.8) is 0 Å². The van der Waals surface area contributed by atoms with Crippen molar-refractivity contribution in [1.82, 2.24) is 5.32 Å². The van der Waals surface area contributed by atoms with Gasteiger partial charge in [-0.15, -0.1) is 0 Å². The number of hydrogen-bond acceptors (Lipinski definition) is 3. The average Bonchev–Trinajstić information content (AvgIpc) is 2.52. The second kappa shape index (κ2) is 7.82. The molecule has 0 aromatic heterocycles. The molecule has 0 atom stereocenters. The summed E-state index contributed by atoms with van der Waals surface area (Å²) in [5.41, 5.74) is 1.13. The van der Waals surface area contributed by atoms with Gasteiger partial charge in [0.05, 0.1) is 5.56 Å². The highest BCUT2D eigenvalue weighted by molar-refractivity contribution is 6.31. The SMILES string of the molecule is O=C(COC(=O)c1ccc(Cl)cc1)NCc1ccccc1Cl. The van der Waals surface area contributed by atoms with Crippen LogP contribution in [-0.2, 0) is 16.1 Å². The normalized spacial score (nSPS) is 10.1. The Kier molecular flexibility index (Phi) is 5.81. The third-order valence-electron chi connectivity index (χ3n) is 2.85. The number of benzene rings is 2. The summed E-state index contributed by atoms with van der Waals surface area (Å²) >= 11 is 11.7. The summed E-state index contributed by atoms with van der Waals surface area (Å²) in [7, 11) is 0. The molecule has 0 radical (unpaired) electrons. The van der Waals surface area contributed by atoms with Gasteiger partial charge in [0, 0.05) is 16.6 Å². The molecule has 0 saturated heterocycles. The Morgan fingerprint density at radius 1 is 1.00 bits per heavy atom. The van der Waals surface area contributed by atoms with Crippen LogP contribution in [0.25, 0.3) is 0 Å². The third-order valence-corrected chi connectivity index (χ3v) is 3.47. The zero-order valence-electron chi connectivity index (χ0n) is 11.5. The molecule has 22 heavy (non-hydrogen) atoms. The summed E-state index contributed by atoms with van der Waals surface area (Å²) in [6.45, 7) is -0.0804. The summed E-state index contributed by atoms with van der Waals surface area (Å²) < 4.78 is 4.92. The fraction of sp³-hybridized carbons (Fsp3) is 0.125. The molecule has 6 heteroatoms. The number of hydrogen-bond donors (Lipinski definition) is 1. The first kappa shape index (κ1) is 16.3. The summed E-state index contributed by atoms with van der Waals surface area (Å²) in [6.07, 6.45) is 0. The van der Waals surface area contributed by atoms with Crippen molar-refractivity contribution in [2.45, 2.75) is 6.54 Å². The van der Waals surface area contributed by atoms with Crippen molar-refractivity contribution in [3.05, 3.63) is 69.7 Å². The van der Waals surface area contributed by atoms with Crippen LogP contribution < -0.4 is 5.32 Å². The first-order valence-corrected chi connectivity index (χ1v) is 7.24. The molecule has 0 unspecified atom stereocenters. The van der Waals surface area contributed by atoms with E-state index in [1.165, 1.54) is 12.1 Å². The predicted molar refractivity (Wildman–Crippen MR) is 85.0 cm³/mol. The van der Waals surface area contributed by atoms with Crippen molar-refractivity contribution < 1.29 is 14.3 Å². The molecule has 0 aliphatic heterocycles. The van der Waals surface area contributed by atoms with Gasteiger partial charge in [0.25, 0.3) is 5.91 Å². The smallest absolute Gasteiger partial charge is 0.338 e. The van der Waals surface area contributed by atoms with Crippen molar-refractivity contribution in [3.8, 4) is 0 Å². The molecule has 1 N–H and O–H groups in total. The van der Waals surface area contributed by atoms with Crippen molar-refractivity contribution in [1.29, 1.82) is 0 Å². The Balaban J connectivity index is 1.79. The van der Waals surface area contributed by atoms with Crippen LogP contribution in [0.3, 0.4) is 0 Å². The van der Waals surface area contributed by atoms with Gasteiger partial charge in [0.2, 0.25) is 0 Å². The Hall–Kier alpha value is -2.04. The van der Waals surface area contributed by atoms with Crippen molar-refractivity contribution >= 4 is 35.1 Å². The van der Waals surface area contributed by atoms with E-state index in [0.717, 1.165) is 5.56 Å². The molecule has 2 aromatic carbocycles. The van der Waals surface area contributed by atoms with Gasteiger partial charge in [-0.25, -0.2) is 4.79 Å². The summed E-state index contributed by atoms with van der Waals surface area (Å²) in [6, 6.07) is 13.4. The third kappa shape index (κ3) is 4.76. The van der Waals surface area contributed by atoms with E-state index in [0.29, 0.717) is 15.6 Å². The topological polar surface area (TPSA) is 55.4 Å². The van der Waals surface area contributed by atoms with Crippen LogP contribution in [0.4, 0.5) is 0 Å². The molecule has 0 fully saturated rings. The van der Waals surface area contributed by atoms with Gasteiger partial charge in [-0.05, 0) is 35.9 Å². The lowest BCUT2D eigenvalue weighted by Crippen LogP contribution is -2.28. The molecule has 0 bridgehead atoms. The van der Waals surface area contributed by atoms with E-state index in [1.807, 2.05) is 18.2 Å². The molecule has 0 spiro atoms. The molecule has 0 heterocycles. The maximum absolute atomic E-state index is 11.7. The standard InChI is InChI=1S/C16H13Cl2NO3/c17-13-7-5-11(6-8-13)16(21)22-10-15(20)19-9-12-3-1-2-4-14(12)18/h1-8H,9-10H2,(H,19,20). The summed E-state index contributed by atoms with van der Waals surface area (Å²) in [4.78, 5) is 23.4. The van der Waals surface area contributed by atoms with E-state index in [-0.39, 0.29) is 13.2 Å². The summed E-state index contributed by atoms with van der Waals surface area (Å²) in [5.74, 6) is -0.980. The summed E-state index contributed by atoms with van der Waals surface area (Å²) in [5, 5.41) is 3.73. The van der Waals surface area contributed by atoms with Crippen molar-refractivity contribution in [2.75, 3.05) is 6.61 Å². The Bertz CT molecular complexity index is 671. The zero-order chi connectivity index (χ0) is 15.9.